The van der Waals surface area contributed by atoms with Crippen LogP contribution in [0.2, 0.25) is 0 Å². The molecule has 0 saturated heterocycles. The van der Waals surface area contributed by atoms with Gasteiger partial charge in [0, 0.05) is 11.6 Å². The first-order valence-corrected chi connectivity index (χ1v) is 6.81. The Bertz CT molecular complexity index is 664. The number of hydrogen-bond acceptors (Lipinski definition) is 1. The van der Waals surface area contributed by atoms with Gasteiger partial charge in [0.2, 0.25) is 0 Å². The van der Waals surface area contributed by atoms with Gasteiger partial charge in [-0.1, -0.05) is 18.2 Å². The maximum atomic E-state index is 13.8. The predicted octanol–water partition coefficient (Wildman–Crippen LogP) is 3.84. The smallest absolute Gasteiger partial charge is 0.132 e. The highest BCUT2D eigenvalue weighted by Crippen LogP contribution is 2.30. The number of rotatable bonds is 2. The maximum Gasteiger partial charge on any atom is 0.132 e. The van der Waals surface area contributed by atoms with Gasteiger partial charge in [0.25, 0.3) is 0 Å². The molecule has 0 aliphatic heterocycles. The van der Waals surface area contributed by atoms with Crippen molar-refractivity contribution in [3.8, 4) is 0 Å². The molecule has 2 aromatic carbocycles. The van der Waals surface area contributed by atoms with Gasteiger partial charge in [-0.25, -0.2) is 8.78 Å². The molecule has 1 aliphatic rings. The van der Waals surface area contributed by atoms with Crippen molar-refractivity contribution in [2.45, 2.75) is 32.3 Å². The topological polar surface area (TPSA) is 20.2 Å². The van der Waals surface area contributed by atoms with Crippen LogP contribution in [0.4, 0.5) is 8.78 Å². The van der Waals surface area contributed by atoms with Crippen molar-refractivity contribution >= 4 is 0 Å². The van der Waals surface area contributed by atoms with Gasteiger partial charge in [0.05, 0.1) is 0 Å². The summed E-state index contributed by atoms with van der Waals surface area (Å²) in [5.41, 5.74) is 3.65. The third-order valence-electron chi connectivity index (χ3n) is 4.01. The minimum absolute atomic E-state index is 0.127. The van der Waals surface area contributed by atoms with E-state index in [9.17, 15) is 13.9 Å². The van der Waals surface area contributed by atoms with Crippen LogP contribution < -0.4 is 0 Å². The minimum Gasteiger partial charge on any atom is -0.384 e. The second-order valence-electron chi connectivity index (χ2n) is 5.41. The monoisotopic (exact) mass is 274 g/mol. The first kappa shape index (κ1) is 13.3. The zero-order chi connectivity index (χ0) is 14.3. The minimum atomic E-state index is -1.06. The molecule has 1 N–H and O–H groups in total. The van der Waals surface area contributed by atoms with E-state index in [1.807, 2.05) is 18.2 Å². The molecule has 0 fully saturated rings. The van der Waals surface area contributed by atoms with E-state index in [0.717, 1.165) is 25.3 Å². The van der Waals surface area contributed by atoms with E-state index in [4.69, 9.17) is 0 Å². The molecule has 1 atom stereocenters. The lowest BCUT2D eigenvalue weighted by molar-refractivity contribution is 0.214. The fourth-order valence-corrected chi connectivity index (χ4v) is 2.83. The Morgan fingerprint density at radius 2 is 1.75 bits per heavy atom. The molecule has 0 heterocycles. The maximum absolute atomic E-state index is 13.8. The van der Waals surface area contributed by atoms with E-state index in [2.05, 4.69) is 0 Å². The molecule has 3 heteroatoms. The van der Waals surface area contributed by atoms with E-state index < -0.39 is 17.7 Å². The van der Waals surface area contributed by atoms with Crippen molar-refractivity contribution in [2.24, 2.45) is 0 Å². The van der Waals surface area contributed by atoms with Crippen LogP contribution in [0.25, 0.3) is 0 Å². The molecule has 0 radical (unpaired) electrons. The van der Waals surface area contributed by atoms with Crippen LogP contribution in [0.1, 0.15) is 40.3 Å². The quantitative estimate of drug-likeness (QED) is 0.882. The van der Waals surface area contributed by atoms with Crippen molar-refractivity contribution in [2.75, 3.05) is 0 Å². The molecular weight excluding hydrogens is 258 g/mol. The van der Waals surface area contributed by atoms with Crippen LogP contribution in [0.15, 0.2) is 30.3 Å². The zero-order valence-electron chi connectivity index (χ0n) is 11.3. The van der Waals surface area contributed by atoms with Crippen molar-refractivity contribution in [3.63, 3.8) is 0 Å². The third-order valence-corrected chi connectivity index (χ3v) is 4.01. The van der Waals surface area contributed by atoms with Gasteiger partial charge in [0.1, 0.15) is 17.7 Å². The molecule has 2 aromatic rings. The summed E-state index contributed by atoms with van der Waals surface area (Å²) in [6.45, 7) is 1.56. The molecule has 0 saturated carbocycles. The highest BCUT2D eigenvalue weighted by Gasteiger charge is 2.19. The number of hydrogen-bond donors (Lipinski definition) is 1. The van der Waals surface area contributed by atoms with Crippen molar-refractivity contribution in [1.29, 1.82) is 0 Å². The Labute approximate surface area is 116 Å². The molecular formula is C17H16F2O. The fourth-order valence-electron chi connectivity index (χ4n) is 2.83. The van der Waals surface area contributed by atoms with E-state index in [-0.39, 0.29) is 5.56 Å². The molecule has 0 amide bonds. The van der Waals surface area contributed by atoms with E-state index in [0.29, 0.717) is 11.1 Å². The van der Waals surface area contributed by atoms with Gasteiger partial charge in [-0.2, -0.15) is 0 Å². The Kier molecular flexibility index (Phi) is 3.30. The van der Waals surface area contributed by atoms with E-state index in [1.54, 1.807) is 6.92 Å². The fraction of sp³-hybridized carbons (Fsp3) is 0.294. The largest absolute Gasteiger partial charge is 0.384 e. The standard InChI is InChI=1S/C17H16F2O/c1-10-7-14(16(19)9-15(10)18)17(20)13-6-5-11-3-2-4-12(11)8-13/h5-9,17,20H,2-4H2,1H3. The van der Waals surface area contributed by atoms with Crippen LogP contribution in [-0.4, -0.2) is 5.11 Å². The molecule has 0 spiro atoms. The summed E-state index contributed by atoms with van der Waals surface area (Å²) >= 11 is 0. The van der Waals surface area contributed by atoms with Gasteiger partial charge >= 0.3 is 0 Å². The van der Waals surface area contributed by atoms with Crippen LogP contribution in [-0.2, 0) is 12.8 Å². The lowest BCUT2D eigenvalue weighted by Crippen LogP contribution is -2.05. The summed E-state index contributed by atoms with van der Waals surface area (Å²) < 4.78 is 27.1. The Morgan fingerprint density at radius 1 is 1.00 bits per heavy atom. The number of halogens is 2. The lowest BCUT2D eigenvalue weighted by Gasteiger charge is -2.15. The van der Waals surface area contributed by atoms with Crippen LogP contribution in [0.3, 0.4) is 0 Å². The Balaban J connectivity index is 2.00. The summed E-state index contributed by atoms with van der Waals surface area (Å²) in [5, 5.41) is 10.4. The average molecular weight is 274 g/mol. The predicted molar refractivity (Wildman–Crippen MR) is 73.6 cm³/mol. The highest BCUT2D eigenvalue weighted by atomic mass is 19.1. The number of aliphatic hydroxyl groups excluding tert-OH is 1. The molecule has 3 rings (SSSR count). The van der Waals surface area contributed by atoms with Crippen LogP contribution in [0, 0.1) is 18.6 Å². The van der Waals surface area contributed by atoms with E-state index >= 15 is 0 Å². The highest BCUT2D eigenvalue weighted by molar-refractivity contribution is 5.40. The molecule has 1 aliphatic carbocycles. The van der Waals surface area contributed by atoms with Gasteiger partial charge < -0.3 is 5.11 Å². The molecule has 104 valence electrons. The number of aliphatic hydroxyl groups is 1. The number of aryl methyl sites for hydroxylation is 3. The molecule has 0 bridgehead atoms. The first-order chi connectivity index (χ1) is 9.56. The second-order valence-corrected chi connectivity index (χ2v) is 5.41. The molecule has 1 nitrogen and oxygen atoms in total. The van der Waals surface area contributed by atoms with Crippen LogP contribution >= 0.6 is 0 Å². The number of fused-ring (bicyclic) bond motifs is 1. The number of benzene rings is 2. The molecule has 1 unspecified atom stereocenters. The second kappa shape index (κ2) is 4.98. The summed E-state index contributed by atoms with van der Waals surface area (Å²) in [7, 11) is 0. The molecule has 20 heavy (non-hydrogen) atoms. The Morgan fingerprint density at radius 3 is 2.55 bits per heavy atom. The summed E-state index contributed by atoms with van der Waals surface area (Å²) in [6.07, 6.45) is 2.13. The van der Waals surface area contributed by atoms with Crippen LogP contribution in [0.5, 0.6) is 0 Å². The van der Waals surface area contributed by atoms with E-state index in [1.165, 1.54) is 17.2 Å². The third kappa shape index (κ3) is 2.22. The van der Waals surface area contributed by atoms with Gasteiger partial charge in [-0.15, -0.1) is 0 Å². The first-order valence-electron chi connectivity index (χ1n) is 6.81. The summed E-state index contributed by atoms with van der Waals surface area (Å²) in [5.74, 6) is -1.30. The zero-order valence-corrected chi connectivity index (χ0v) is 11.3. The van der Waals surface area contributed by atoms with Crippen molar-refractivity contribution in [3.05, 3.63) is 69.8 Å². The average Bonchev–Trinajstić information content (AvgIpc) is 2.89. The van der Waals surface area contributed by atoms with Gasteiger partial charge in [-0.05, 0) is 54.5 Å². The lowest BCUT2D eigenvalue weighted by atomic mass is 9.96. The molecule has 0 aromatic heterocycles. The Hall–Kier alpha value is -1.74. The SMILES string of the molecule is Cc1cc(C(O)c2ccc3c(c2)CCC3)c(F)cc1F. The normalized spacial score (nSPS) is 15.2. The van der Waals surface area contributed by atoms with Crippen molar-refractivity contribution in [1.82, 2.24) is 0 Å². The van der Waals surface area contributed by atoms with Gasteiger partial charge in [0.15, 0.2) is 0 Å². The van der Waals surface area contributed by atoms with Crippen molar-refractivity contribution < 1.29 is 13.9 Å². The summed E-state index contributed by atoms with van der Waals surface area (Å²) in [6, 6.07) is 7.97. The van der Waals surface area contributed by atoms with Gasteiger partial charge in [-0.3, -0.25) is 0 Å². The summed E-state index contributed by atoms with van der Waals surface area (Å²) in [4.78, 5) is 0.